The van der Waals surface area contributed by atoms with Crippen LogP contribution in [0.3, 0.4) is 0 Å². The number of ether oxygens (including phenoxy) is 1. The molecule has 0 spiro atoms. The molecule has 3 heterocycles. The Bertz CT molecular complexity index is 1320. The third kappa shape index (κ3) is 3.24. The molecule has 4 rings (SSSR count). The van der Waals surface area contributed by atoms with Crippen molar-refractivity contribution in [1.82, 2.24) is 24.2 Å². The molecule has 0 N–H and O–H groups in total. The zero-order valence-electron chi connectivity index (χ0n) is 17.3. The number of nitrogens with zero attached hydrogens (tertiary/aromatic N) is 6. The number of para-hydroxylation sites is 2. The minimum Gasteiger partial charge on any atom is -0.480 e. The molecule has 150 valence electrons. The van der Waals surface area contributed by atoms with Crippen LogP contribution in [0.4, 0.5) is 0 Å². The van der Waals surface area contributed by atoms with E-state index in [1.165, 1.54) is 0 Å². The minimum absolute atomic E-state index is 0.126. The molecule has 8 heteroatoms. The smallest absolute Gasteiger partial charge is 0.265 e. The van der Waals surface area contributed by atoms with Crippen molar-refractivity contribution < 1.29 is 4.74 Å². The molecule has 0 aliphatic rings. The fourth-order valence-corrected chi connectivity index (χ4v) is 3.47. The molecule has 0 aliphatic carbocycles. The molecule has 0 bridgehead atoms. The van der Waals surface area contributed by atoms with Crippen LogP contribution in [0.25, 0.3) is 33.2 Å². The Labute approximate surface area is 167 Å². The molecule has 0 radical (unpaired) electrons. The van der Waals surface area contributed by atoms with E-state index in [0.29, 0.717) is 53.0 Å². The molecule has 29 heavy (non-hydrogen) atoms. The lowest BCUT2D eigenvalue weighted by Crippen LogP contribution is -2.26. The van der Waals surface area contributed by atoms with Crippen LogP contribution < -0.4 is 5.56 Å². The van der Waals surface area contributed by atoms with Gasteiger partial charge in [-0.2, -0.15) is 4.68 Å². The van der Waals surface area contributed by atoms with Crippen molar-refractivity contribution in [1.29, 1.82) is 0 Å². The van der Waals surface area contributed by atoms with Crippen LogP contribution in [-0.2, 0) is 11.3 Å². The highest BCUT2D eigenvalue weighted by molar-refractivity contribution is 6.04. The topological polar surface area (TPSA) is 87.2 Å². The molecule has 0 saturated heterocycles. The van der Waals surface area contributed by atoms with Crippen LogP contribution in [0.2, 0.25) is 0 Å². The summed E-state index contributed by atoms with van der Waals surface area (Å²) in [7, 11) is 0. The Hall–Kier alpha value is -3.29. The number of aryl methyl sites for hydroxylation is 1. The molecule has 1 aromatic carbocycles. The highest BCUT2D eigenvalue weighted by Crippen LogP contribution is 2.25. The van der Waals surface area contributed by atoms with E-state index >= 15 is 0 Å². The van der Waals surface area contributed by atoms with E-state index in [1.807, 2.05) is 38.1 Å². The second-order valence-electron chi connectivity index (χ2n) is 7.42. The lowest BCUT2D eigenvalue weighted by Gasteiger charge is -2.12. The molecule has 0 atom stereocenters. The predicted octanol–water partition coefficient (Wildman–Crippen LogP) is 3.48. The Morgan fingerprint density at radius 3 is 2.48 bits per heavy atom. The molecular weight excluding hydrogens is 368 g/mol. The number of hydrogen-bond donors (Lipinski definition) is 0. The van der Waals surface area contributed by atoms with Gasteiger partial charge in [-0.25, -0.2) is 15.0 Å². The highest BCUT2D eigenvalue weighted by atomic mass is 16.5. The lowest BCUT2D eigenvalue weighted by atomic mass is 10.2. The second kappa shape index (κ2) is 7.27. The van der Waals surface area contributed by atoms with Crippen molar-refractivity contribution in [2.75, 3.05) is 6.61 Å². The van der Waals surface area contributed by atoms with Crippen molar-refractivity contribution in [3.63, 3.8) is 0 Å². The van der Waals surface area contributed by atoms with Crippen molar-refractivity contribution in [3.8, 4) is 0 Å². The fraction of sp³-hybridized carbons (Fsp3) is 0.381. The largest absolute Gasteiger partial charge is 0.480 e. The predicted molar refractivity (Wildman–Crippen MR) is 114 cm³/mol. The van der Waals surface area contributed by atoms with E-state index in [0.717, 1.165) is 11.0 Å². The fourth-order valence-electron chi connectivity index (χ4n) is 3.47. The van der Waals surface area contributed by atoms with Gasteiger partial charge < -0.3 is 4.74 Å². The standard InChI is InChI=1S/C21H24N6O2/c1-6-29-14(5)25-27-19-17(21(28)26(11-12(2)3)13(4)22-19)18-20(27)24-16-10-8-7-9-15(16)23-18/h7-10,12H,6,11H2,1-5H3/b25-14-. The number of fused-ring (bicyclic) bond motifs is 4. The Morgan fingerprint density at radius 2 is 1.83 bits per heavy atom. The van der Waals surface area contributed by atoms with Gasteiger partial charge in [0.1, 0.15) is 16.7 Å². The summed E-state index contributed by atoms with van der Waals surface area (Å²) in [5.74, 6) is 1.41. The zero-order chi connectivity index (χ0) is 20.7. The van der Waals surface area contributed by atoms with Gasteiger partial charge in [-0.3, -0.25) is 9.36 Å². The first-order valence-electron chi connectivity index (χ1n) is 9.77. The van der Waals surface area contributed by atoms with Gasteiger partial charge in [0.25, 0.3) is 5.56 Å². The monoisotopic (exact) mass is 392 g/mol. The molecular formula is C21H24N6O2. The average molecular weight is 392 g/mol. The van der Waals surface area contributed by atoms with Crippen molar-refractivity contribution in [2.45, 2.75) is 41.2 Å². The summed E-state index contributed by atoms with van der Waals surface area (Å²) in [4.78, 5) is 27.6. The van der Waals surface area contributed by atoms with E-state index in [-0.39, 0.29) is 5.56 Å². The zero-order valence-corrected chi connectivity index (χ0v) is 17.3. The molecule has 0 unspecified atom stereocenters. The van der Waals surface area contributed by atoms with Gasteiger partial charge in [-0.1, -0.05) is 26.0 Å². The number of aromatic nitrogens is 5. The van der Waals surface area contributed by atoms with Gasteiger partial charge in [0, 0.05) is 13.5 Å². The molecule has 4 aromatic rings. The Morgan fingerprint density at radius 1 is 1.14 bits per heavy atom. The van der Waals surface area contributed by atoms with E-state index < -0.39 is 0 Å². The summed E-state index contributed by atoms with van der Waals surface area (Å²) in [5, 5.41) is 4.97. The maximum atomic E-state index is 13.4. The minimum atomic E-state index is -0.126. The summed E-state index contributed by atoms with van der Waals surface area (Å²) in [5.41, 5.74) is 2.76. The number of hydrogen-bond acceptors (Lipinski definition) is 6. The van der Waals surface area contributed by atoms with Crippen LogP contribution in [-0.4, -0.2) is 36.7 Å². The summed E-state index contributed by atoms with van der Waals surface area (Å²) in [6, 6.07) is 7.58. The van der Waals surface area contributed by atoms with Gasteiger partial charge in [-0.15, -0.1) is 5.10 Å². The SMILES string of the molecule is CCO/C(C)=N\n1c2nc3ccccc3nc2c2c(=O)n(CC(C)C)c(C)nc21. The summed E-state index contributed by atoms with van der Waals surface area (Å²) in [6.07, 6.45) is 0. The molecule has 0 saturated carbocycles. The first-order chi connectivity index (χ1) is 13.9. The quantitative estimate of drug-likeness (QED) is 0.392. The Balaban J connectivity index is 2.17. The number of benzene rings is 1. The normalized spacial score (nSPS) is 12.6. The van der Waals surface area contributed by atoms with Crippen molar-refractivity contribution >= 4 is 39.1 Å². The van der Waals surface area contributed by atoms with Crippen LogP contribution in [0.15, 0.2) is 34.2 Å². The first-order valence-corrected chi connectivity index (χ1v) is 9.77. The van der Waals surface area contributed by atoms with Gasteiger partial charge in [0.2, 0.25) is 5.90 Å². The third-order valence-corrected chi connectivity index (χ3v) is 4.67. The third-order valence-electron chi connectivity index (χ3n) is 4.67. The van der Waals surface area contributed by atoms with E-state index in [1.54, 1.807) is 16.2 Å². The molecule has 0 amide bonds. The molecule has 0 aliphatic heterocycles. The summed E-state index contributed by atoms with van der Waals surface area (Å²) < 4.78 is 8.78. The summed E-state index contributed by atoms with van der Waals surface area (Å²) >= 11 is 0. The first kappa shape index (κ1) is 19.0. The van der Waals surface area contributed by atoms with Gasteiger partial charge >= 0.3 is 0 Å². The Kier molecular flexibility index (Phi) is 4.77. The molecule has 3 aromatic heterocycles. The van der Waals surface area contributed by atoms with Gasteiger partial charge in [0.05, 0.1) is 17.6 Å². The maximum Gasteiger partial charge on any atom is 0.265 e. The second-order valence-corrected chi connectivity index (χ2v) is 7.42. The van der Waals surface area contributed by atoms with Crippen LogP contribution in [0.5, 0.6) is 0 Å². The highest BCUT2D eigenvalue weighted by Gasteiger charge is 2.21. The maximum absolute atomic E-state index is 13.4. The van der Waals surface area contributed by atoms with Gasteiger partial charge in [-0.05, 0) is 31.9 Å². The molecule has 8 nitrogen and oxygen atoms in total. The van der Waals surface area contributed by atoms with Crippen molar-refractivity contribution in [2.24, 2.45) is 11.0 Å². The number of rotatable bonds is 4. The average Bonchev–Trinajstić information content (AvgIpc) is 2.96. The van der Waals surface area contributed by atoms with Crippen LogP contribution in [0.1, 0.15) is 33.5 Å². The van der Waals surface area contributed by atoms with E-state index in [9.17, 15) is 4.79 Å². The van der Waals surface area contributed by atoms with Crippen LogP contribution >= 0.6 is 0 Å². The van der Waals surface area contributed by atoms with Crippen LogP contribution in [0, 0.1) is 12.8 Å². The van der Waals surface area contributed by atoms with E-state index in [4.69, 9.17) is 19.7 Å². The molecule has 0 fully saturated rings. The van der Waals surface area contributed by atoms with Crippen molar-refractivity contribution in [3.05, 3.63) is 40.4 Å². The van der Waals surface area contributed by atoms with E-state index in [2.05, 4.69) is 18.9 Å². The summed E-state index contributed by atoms with van der Waals surface area (Å²) in [6.45, 7) is 10.7. The van der Waals surface area contributed by atoms with Gasteiger partial charge in [0.15, 0.2) is 11.3 Å². The lowest BCUT2D eigenvalue weighted by molar-refractivity contribution is 0.321.